The van der Waals surface area contributed by atoms with E-state index in [9.17, 15) is 0 Å². The highest BCUT2D eigenvalue weighted by molar-refractivity contribution is 7.08. The summed E-state index contributed by atoms with van der Waals surface area (Å²) in [5, 5.41) is 8.55. The van der Waals surface area contributed by atoms with Crippen LogP contribution in [-0.2, 0) is 7.05 Å². The molecule has 0 N–H and O–H groups in total. The van der Waals surface area contributed by atoms with Crippen molar-refractivity contribution < 1.29 is 0 Å². The summed E-state index contributed by atoms with van der Waals surface area (Å²) in [6.45, 7) is 0. The van der Waals surface area contributed by atoms with Gasteiger partial charge in [0.05, 0.1) is 11.9 Å². The van der Waals surface area contributed by atoms with Crippen molar-refractivity contribution in [2.24, 2.45) is 7.05 Å². The van der Waals surface area contributed by atoms with Crippen LogP contribution in [0, 0.1) is 0 Å². The maximum absolute atomic E-state index is 6.05. The molecule has 0 aliphatic carbocycles. The highest BCUT2D eigenvalue weighted by atomic mass is 35.5. The van der Waals surface area contributed by atoms with E-state index < -0.39 is 0 Å². The Kier molecular flexibility index (Phi) is 2.85. The lowest BCUT2D eigenvalue weighted by molar-refractivity contribution is 0.768. The van der Waals surface area contributed by atoms with Crippen LogP contribution in [0.5, 0.6) is 0 Å². The van der Waals surface area contributed by atoms with E-state index >= 15 is 0 Å². The molecule has 0 atom stereocenters. The van der Waals surface area contributed by atoms with Gasteiger partial charge in [-0.05, 0) is 11.4 Å². The van der Waals surface area contributed by atoms with Gasteiger partial charge in [-0.1, -0.05) is 11.6 Å². The molecule has 0 aliphatic rings. The van der Waals surface area contributed by atoms with Crippen LogP contribution in [0.4, 0.5) is 0 Å². The van der Waals surface area contributed by atoms with Crippen LogP contribution >= 0.6 is 22.9 Å². The van der Waals surface area contributed by atoms with Crippen LogP contribution in [0.25, 0.3) is 22.6 Å². The van der Waals surface area contributed by atoms with Gasteiger partial charge >= 0.3 is 0 Å². The summed E-state index contributed by atoms with van der Waals surface area (Å²) in [4.78, 5) is 8.76. The van der Waals surface area contributed by atoms with Gasteiger partial charge in [-0.25, -0.2) is 9.97 Å². The average Bonchev–Trinajstić information content (AvgIpc) is 2.98. The number of nitrogens with zero attached hydrogens (tertiary/aromatic N) is 4. The van der Waals surface area contributed by atoms with Gasteiger partial charge in [0.25, 0.3) is 0 Å². The molecule has 3 aromatic heterocycles. The highest BCUT2D eigenvalue weighted by Crippen LogP contribution is 2.25. The van der Waals surface area contributed by atoms with E-state index in [1.807, 2.05) is 30.1 Å². The molecule has 0 bridgehead atoms. The molecule has 0 fully saturated rings. The van der Waals surface area contributed by atoms with Gasteiger partial charge in [0.2, 0.25) is 0 Å². The monoisotopic (exact) mass is 276 g/mol. The van der Waals surface area contributed by atoms with Gasteiger partial charge in [0.15, 0.2) is 5.82 Å². The van der Waals surface area contributed by atoms with Crippen LogP contribution in [-0.4, -0.2) is 19.7 Å². The molecule has 0 unspecified atom stereocenters. The van der Waals surface area contributed by atoms with Crippen molar-refractivity contribution in [2.45, 2.75) is 0 Å². The Morgan fingerprint density at radius 3 is 2.83 bits per heavy atom. The fourth-order valence-corrected chi connectivity index (χ4v) is 2.46. The van der Waals surface area contributed by atoms with E-state index in [0.717, 1.165) is 16.8 Å². The van der Waals surface area contributed by atoms with E-state index in [-0.39, 0.29) is 0 Å². The van der Waals surface area contributed by atoms with Crippen molar-refractivity contribution in [3.8, 4) is 22.6 Å². The Labute approximate surface area is 113 Å². The Balaban J connectivity index is 2.11. The van der Waals surface area contributed by atoms with Crippen molar-refractivity contribution in [2.75, 3.05) is 0 Å². The van der Waals surface area contributed by atoms with Gasteiger partial charge in [0.1, 0.15) is 5.15 Å². The SMILES string of the molecule is Cn1cc(-c2cc(Cl)nc(-c3ccsc3)n2)cn1. The number of aryl methyl sites for hydroxylation is 1. The Morgan fingerprint density at radius 2 is 2.17 bits per heavy atom. The van der Waals surface area contributed by atoms with Crippen LogP contribution in [0.1, 0.15) is 0 Å². The number of hydrogen-bond donors (Lipinski definition) is 0. The van der Waals surface area contributed by atoms with Gasteiger partial charge < -0.3 is 0 Å². The number of thiophene rings is 1. The third kappa shape index (κ3) is 2.14. The normalized spacial score (nSPS) is 10.8. The zero-order valence-corrected chi connectivity index (χ0v) is 11.1. The lowest BCUT2D eigenvalue weighted by Gasteiger charge is -2.01. The second kappa shape index (κ2) is 4.51. The summed E-state index contributed by atoms with van der Waals surface area (Å²) in [6.07, 6.45) is 3.66. The van der Waals surface area contributed by atoms with Crippen LogP contribution < -0.4 is 0 Å². The van der Waals surface area contributed by atoms with Crippen LogP contribution in [0.2, 0.25) is 5.15 Å². The van der Waals surface area contributed by atoms with Gasteiger partial charge in [-0.2, -0.15) is 16.4 Å². The van der Waals surface area contributed by atoms with Gasteiger partial charge in [-0.15, -0.1) is 0 Å². The minimum Gasteiger partial charge on any atom is -0.275 e. The van der Waals surface area contributed by atoms with Crippen molar-refractivity contribution in [1.82, 2.24) is 19.7 Å². The molecule has 4 nitrogen and oxygen atoms in total. The molecule has 0 amide bonds. The zero-order valence-electron chi connectivity index (χ0n) is 9.54. The number of hydrogen-bond acceptors (Lipinski definition) is 4. The minimum atomic E-state index is 0.435. The van der Waals surface area contributed by atoms with Crippen molar-refractivity contribution in [3.05, 3.63) is 40.4 Å². The molecule has 0 saturated carbocycles. The standard InChI is InChI=1S/C12H9ClN4S/c1-17-6-9(5-14-17)10-4-11(13)16-12(15-10)8-2-3-18-7-8/h2-7H,1H3. The first-order valence-corrected chi connectivity index (χ1v) is 6.60. The van der Waals surface area contributed by atoms with Crippen LogP contribution in [0.3, 0.4) is 0 Å². The smallest absolute Gasteiger partial charge is 0.162 e. The highest BCUT2D eigenvalue weighted by Gasteiger charge is 2.09. The first kappa shape index (κ1) is 11.4. The molecular weight excluding hydrogens is 268 g/mol. The van der Waals surface area contributed by atoms with Crippen molar-refractivity contribution >= 4 is 22.9 Å². The molecule has 0 radical (unpaired) electrons. The fourth-order valence-electron chi connectivity index (χ4n) is 1.64. The largest absolute Gasteiger partial charge is 0.275 e. The average molecular weight is 277 g/mol. The third-order valence-corrected chi connectivity index (χ3v) is 3.35. The third-order valence-electron chi connectivity index (χ3n) is 2.47. The molecule has 3 rings (SSSR count). The zero-order chi connectivity index (χ0) is 12.5. The van der Waals surface area contributed by atoms with E-state index in [2.05, 4.69) is 15.1 Å². The van der Waals surface area contributed by atoms with E-state index in [1.54, 1.807) is 28.3 Å². The first-order valence-electron chi connectivity index (χ1n) is 5.28. The lowest BCUT2D eigenvalue weighted by atomic mass is 10.2. The summed E-state index contributed by atoms with van der Waals surface area (Å²) >= 11 is 7.66. The number of halogens is 1. The Morgan fingerprint density at radius 1 is 1.28 bits per heavy atom. The Hall–Kier alpha value is -1.72. The van der Waals surface area contributed by atoms with Gasteiger partial charge in [0, 0.05) is 35.8 Å². The molecule has 90 valence electrons. The molecule has 0 aromatic carbocycles. The first-order chi connectivity index (χ1) is 8.72. The summed E-state index contributed by atoms with van der Waals surface area (Å²) in [6, 6.07) is 3.72. The summed E-state index contributed by atoms with van der Waals surface area (Å²) in [5.41, 5.74) is 2.69. The quantitative estimate of drug-likeness (QED) is 0.675. The lowest BCUT2D eigenvalue weighted by Crippen LogP contribution is -1.91. The summed E-state index contributed by atoms with van der Waals surface area (Å²) in [7, 11) is 1.87. The minimum absolute atomic E-state index is 0.435. The maximum atomic E-state index is 6.05. The number of aromatic nitrogens is 4. The molecule has 0 spiro atoms. The molecule has 3 heterocycles. The second-order valence-electron chi connectivity index (χ2n) is 3.81. The fraction of sp³-hybridized carbons (Fsp3) is 0.0833. The number of rotatable bonds is 2. The molecular formula is C12H9ClN4S. The molecule has 0 aliphatic heterocycles. The van der Waals surface area contributed by atoms with Crippen molar-refractivity contribution in [1.29, 1.82) is 0 Å². The topological polar surface area (TPSA) is 43.6 Å². The molecule has 18 heavy (non-hydrogen) atoms. The van der Waals surface area contributed by atoms with Crippen molar-refractivity contribution in [3.63, 3.8) is 0 Å². The summed E-state index contributed by atoms with van der Waals surface area (Å²) < 4.78 is 1.73. The van der Waals surface area contributed by atoms with Gasteiger partial charge in [-0.3, -0.25) is 4.68 Å². The maximum Gasteiger partial charge on any atom is 0.162 e. The molecule has 0 saturated heterocycles. The van der Waals surface area contributed by atoms with E-state index in [4.69, 9.17) is 11.6 Å². The van der Waals surface area contributed by atoms with E-state index in [1.165, 1.54) is 0 Å². The van der Waals surface area contributed by atoms with Crippen LogP contribution in [0.15, 0.2) is 35.3 Å². The summed E-state index contributed by atoms with van der Waals surface area (Å²) in [5.74, 6) is 0.641. The molecule has 6 heteroatoms. The molecule has 3 aromatic rings. The van der Waals surface area contributed by atoms with E-state index in [0.29, 0.717) is 11.0 Å². The predicted molar refractivity (Wildman–Crippen MR) is 72.6 cm³/mol. The predicted octanol–water partition coefficient (Wildman–Crippen LogP) is 3.26. The Bertz CT molecular complexity index is 675. The second-order valence-corrected chi connectivity index (χ2v) is 4.98.